The molecule has 28 heavy (non-hydrogen) atoms. The van der Waals surface area contributed by atoms with Crippen molar-refractivity contribution in [3.05, 3.63) is 50.4 Å². The van der Waals surface area contributed by atoms with Gasteiger partial charge in [-0.25, -0.2) is 4.68 Å². The van der Waals surface area contributed by atoms with Crippen molar-refractivity contribution in [1.82, 2.24) is 14.7 Å². The van der Waals surface area contributed by atoms with E-state index in [1.54, 1.807) is 4.90 Å². The standard InChI is InChI=1S/C19H19Cl2N3O4/c20-13-10-22-24(19(26)18(13)21)11-17(25)23-6-1-3-14(23)12-4-5-15-16(9-12)28-8-2-7-27-15/h4-5,9-10,14H,1-3,6-8,11H2/t14-/m1/s1. The van der Waals surface area contributed by atoms with Crippen LogP contribution in [0, 0.1) is 0 Å². The number of likely N-dealkylation sites (tertiary alicyclic amines) is 1. The molecule has 1 atom stereocenters. The van der Waals surface area contributed by atoms with E-state index in [2.05, 4.69) is 5.10 Å². The van der Waals surface area contributed by atoms with Gasteiger partial charge in [-0.05, 0) is 30.5 Å². The summed E-state index contributed by atoms with van der Waals surface area (Å²) in [4.78, 5) is 26.8. The van der Waals surface area contributed by atoms with Gasteiger partial charge in [-0.1, -0.05) is 29.3 Å². The van der Waals surface area contributed by atoms with Gasteiger partial charge in [-0.3, -0.25) is 9.59 Å². The third kappa shape index (κ3) is 3.69. The van der Waals surface area contributed by atoms with Crippen molar-refractivity contribution in [3.63, 3.8) is 0 Å². The highest BCUT2D eigenvalue weighted by atomic mass is 35.5. The summed E-state index contributed by atoms with van der Waals surface area (Å²) in [5, 5.41) is 3.86. The second-order valence-corrected chi connectivity index (χ2v) is 7.56. The van der Waals surface area contributed by atoms with E-state index in [-0.39, 0.29) is 28.5 Å². The number of carbonyl (C=O) groups excluding carboxylic acids is 1. The Bertz CT molecular complexity index is 963. The van der Waals surface area contributed by atoms with E-state index in [0.717, 1.165) is 35.3 Å². The minimum absolute atomic E-state index is 0.0709. The number of rotatable bonds is 3. The van der Waals surface area contributed by atoms with E-state index in [4.69, 9.17) is 32.7 Å². The molecule has 0 N–H and O–H groups in total. The normalized spacial score (nSPS) is 18.8. The topological polar surface area (TPSA) is 73.7 Å². The van der Waals surface area contributed by atoms with Gasteiger partial charge in [0, 0.05) is 13.0 Å². The van der Waals surface area contributed by atoms with Crippen molar-refractivity contribution in [1.29, 1.82) is 0 Å². The van der Waals surface area contributed by atoms with Crippen LogP contribution in [-0.2, 0) is 11.3 Å². The summed E-state index contributed by atoms with van der Waals surface area (Å²) in [6.45, 7) is 1.67. The highest BCUT2D eigenvalue weighted by molar-refractivity contribution is 6.41. The minimum Gasteiger partial charge on any atom is -0.490 e. The first-order valence-electron chi connectivity index (χ1n) is 9.15. The molecule has 1 aromatic heterocycles. The Morgan fingerprint density at radius 3 is 2.79 bits per heavy atom. The number of hydrogen-bond donors (Lipinski definition) is 0. The summed E-state index contributed by atoms with van der Waals surface area (Å²) in [6.07, 6.45) is 3.83. The maximum absolute atomic E-state index is 12.9. The number of aromatic nitrogens is 2. The molecule has 0 spiro atoms. The van der Waals surface area contributed by atoms with Crippen LogP contribution in [-0.4, -0.2) is 40.3 Å². The molecule has 1 saturated heterocycles. The summed E-state index contributed by atoms with van der Waals surface area (Å²) in [6, 6.07) is 5.72. The molecule has 148 valence electrons. The summed E-state index contributed by atoms with van der Waals surface area (Å²) >= 11 is 11.7. The fraction of sp³-hybridized carbons (Fsp3) is 0.421. The fourth-order valence-corrected chi connectivity index (χ4v) is 3.85. The Labute approximate surface area is 171 Å². The van der Waals surface area contributed by atoms with Gasteiger partial charge in [-0.2, -0.15) is 5.10 Å². The van der Waals surface area contributed by atoms with E-state index in [1.807, 2.05) is 18.2 Å². The Hall–Kier alpha value is -2.25. The molecule has 0 aliphatic carbocycles. The highest BCUT2D eigenvalue weighted by Crippen LogP contribution is 2.38. The lowest BCUT2D eigenvalue weighted by molar-refractivity contribution is -0.133. The maximum atomic E-state index is 12.9. The van der Waals surface area contributed by atoms with Crippen LogP contribution in [0.4, 0.5) is 0 Å². The summed E-state index contributed by atoms with van der Waals surface area (Å²) in [7, 11) is 0. The minimum atomic E-state index is -0.575. The number of hydrogen-bond acceptors (Lipinski definition) is 5. The van der Waals surface area contributed by atoms with Crippen LogP contribution in [0.3, 0.4) is 0 Å². The van der Waals surface area contributed by atoms with Gasteiger partial charge >= 0.3 is 0 Å². The molecule has 1 aromatic carbocycles. The average Bonchev–Trinajstić information content (AvgIpc) is 3.07. The number of ether oxygens (including phenoxy) is 2. The van der Waals surface area contributed by atoms with Crippen molar-refractivity contribution in [3.8, 4) is 11.5 Å². The van der Waals surface area contributed by atoms with Crippen LogP contribution < -0.4 is 15.0 Å². The molecule has 2 aliphatic rings. The second-order valence-electron chi connectivity index (χ2n) is 6.77. The SMILES string of the molecule is O=C(Cn1ncc(Cl)c(Cl)c1=O)N1CCC[C@@H]1c1ccc2c(c1)OCCCO2. The monoisotopic (exact) mass is 423 g/mol. The third-order valence-corrected chi connectivity index (χ3v) is 5.71. The molecule has 2 aromatic rings. The van der Waals surface area contributed by atoms with E-state index < -0.39 is 5.56 Å². The molecule has 0 saturated carbocycles. The first-order valence-corrected chi connectivity index (χ1v) is 9.90. The number of halogens is 2. The van der Waals surface area contributed by atoms with Crippen molar-refractivity contribution in [2.45, 2.75) is 31.8 Å². The van der Waals surface area contributed by atoms with E-state index in [9.17, 15) is 9.59 Å². The van der Waals surface area contributed by atoms with Crippen LogP contribution in [0.2, 0.25) is 10.0 Å². The Morgan fingerprint density at radius 2 is 1.96 bits per heavy atom. The number of amides is 1. The van der Waals surface area contributed by atoms with Gasteiger partial charge in [0.15, 0.2) is 11.5 Å². The molecule has 0 unspecified atom stereocenters. The van der Waals surface area contributed by atoms with Crippen LogP contribution in [0.15, 0.2) is 29.2 Å². The summed E-state index contributed by atoms with van der Waals surface area (Å²) in [5.74, 6) is 1.24. The largest absolute Gasteiger partial charge is 0.490 e. The number of carbonyl (C=O) groups is 1. The number of benzene rings is 1. The number of fused-ring (bicyclic) bond motifs is 1. The van der Waals surface area contributed by atoms with Crippen molar-refractivity contribution in [2.24, 2.45) is 0 Å². The zero-order valence-electron chi connectivity index (χ0n) is 15.1. The Morgan fingerprint density at radius 1 is 1.18 bits per heavy atom. The van der Waals surface area contributed by atoms with Crippen LogP contribution >= 0.6 is 23.2 Å². The van der Waals surface area contributed by atoms with Gasteiger partial charge in [0.1, 0.15) is 11.6 Å². The molecule has 4 rings (SSSR count). The van der Waals surface area contributed by atoms with Crippen molar-refractivity contribution < 1.29 is 14.3 Å². The predicted molar refractivity (Wildman–Crippen MR) is 104 cm³/mol. The molecule has 1 fully saturated rings. The molecule has 1 amide bonds. The molecule has 0 radical (unpaired) electrons. The maximum Gasteiger partial charge on any atom is 0.287 e. The lowest BCUT2D eigenvalue weighted by Gasteiger charge is -2.26. The summed E-state index contributed by atoms with van der Waals surface area (Å²) in [5.41, 5.74) is 0.415. The van der Waals surface area contributed by atoms with Gasteiger partial charge in [0.25, 0.3) is 5.56 Å². The Balaban J connectivity index is 1.55. The molecule has 3 heterocycles. The number of nitrogens with zero attached hydrogens (tertiary/aromatic N) is 3. The highest BCUT2D eigenvalue weighted by Gasteiger charge is 2.31. The molecular formula is C19H19Cl2N3O4. The first-order chi connectivity index (χ1) is 13.5. The van der Waals surface area contributed by atoms with Crippen LogP contribution in [0.1, 0.15) is 30.9 Å². The zero-order valence-corrected chi connectivity index (χ0v) is 16.6. The molecule has 7 nitrogen and oxygen atoms in total. The second kappa shape index (κ2) is 8.01. The molecule has 2 aliphatic heterocycles. The third-order valence-electron chi connectivity index (χ3n) is 4.96. The molecular weight excluding hydrogens is 405 g/mol. The lowest BCUT2D eigenvalue weighted by Crippen LogP contribution is -2.37. The lowest BCUT2D eigenvalue weighted by atomic mass is 10.0. The van der Waals surface area contributed by atoms with E-state index in [1.165, 1.54) is 6.20 Å². The zero-order chi connectivity index (χ0) is 19.7. The van der Waals surface area contributed by atoms with Crippen LogP contribution in [0.5, 0.6) is 11.5 Å². The van der Waals surface area contributed by atoms with Gasteiger partial charge < -0.3 is 14.4 Å². The average molecular weight is 424 g/mol. The summed E-state index contributed by atoms with van der Waals surface area (Å²) < 4.78 is 12.5. The van der Waals surface area contributed by atoms with E-state index in [0.29, 0.717) is 25.5 Å². The molecule has 9 heteroatoms. The fourth-order valence-electron chi connectivity index (χ4n) is 3.58. The molecule has 0 bridgehead atoms. The van der Waals surface area contributed by atoms with Gasteiger partial charge in [0.2, 0.25) is 5.91 Å². The Kier molecular flexibility index (Phi) is 5.46. The predicted octanol–water partition coefficient (Wildman–Crippen LogP) is 3.08. The van der Waals surface area contributed by atoms with Crippen molar-refractivity contribution in [2.75, 3.05) is 19.8 Å². The van der Waals surface area contributed by atoms with Gasteiger partial charge in [0.05, 0.1) is 30.5 Å². The quantitative estimate of drug-likeness (QED) is 0.757. The van der Waals surface area contributed by atoms with Gasteiger partial charge in [-0.15, -0.1) is 0 Å². The van der Waals surface area contributed by atoms with Crippen LogP contribution in [0.25, 0.3) is 0 Å². The van der Waals surface area contributed by atoms with Crippen molar-refractivity contribution >= 4 is 29.1 Å². The van der Waals surface area contributed by atoms with E-state index >= 15 is 0 Å². The first kappa shape index (κ1) is 19.1. The smallest absolute Gasteiger partial charge is 0.287 e.